The molecule has 0 bridgehead atoms. The van der Waals surface area contributed by atoms with Gasteiger partial charge in [0.15, 0.2) is 0 Å². The Hall–Kier alpha value is -3.20. The fraction of sp³-hybridized carbons (Fsp3) is 0.400. The first-order chi connectivity index (χ1) is 16.3. The van der Waals surface area contributed by atoms with Gasteiger partial charge in [0.05, 0.1) is 25.5 Å². The maximum atomic E-state index is 12.9. The summed E-state index contributed by atoms with van der Waals surface area (Å²) in [6.07, 6.45) is 2.85. The molecule has 3 rings (SSSR count). The molecular formula is C25H31N3O5S. The van der Waals surface area contributed by atoms with Crippen molar-refractivity contribution in [2.24, 2.45) is 11.7 Å². The van der Waals surface area contributed by atoms with Gasteiger partial charge in [0.1, 0.15) is 18.2 Å². The van der Waals surface area contributed by atoms with Crippen LogP contribution in [0.3, 0.4) is 0 Å². The van der Waals surface area contributed by atoms with Crippen molar-refractivity contribution in [1.82, 2.24) is 4.90 Å². The van der Waals surface area contributed by atoms with Gasteiger partial charge in [0.2, 0.25) is 5.91 Å². The van der Waals surface area contributed by atoms with Crippen LogP contribution in [0.5, 0.6) is 5.75 Å². The maximum absolute atomic E-state index is 12.9. The molecule has 1 unspecified atom stereocenters. The number of benzene rings is 2. The molecule has 0 aromatic heterocycles. The number of nitrogens with two attached hydrogens (primary N) is 1. The number of carbonyl (C=O) groups excluding carboxylic acids is 2. The van der Waals surface area contributed by atoms with Crippen LogP contribution in [-0.4, -0.2) is 65.1 Å². The van der Waals surface area contributed by atoms with Crippen molar-refractivity contribution in [3.8, 4) is 16.9 Å². The first-order valence-electron chi connectivity index (χ1n) is 11.1. The van der Waals surface area contributed by atoms with E-state index in [4.69, 9.17) is 20.6 Å². The van der Waals surface area contributed by atoms with Crippen molar-refractivity contribution in [1.29, 1.82) is 5.41 Å². The predicted molar refractivity (Wildman–Crippen MR) is 132 cm³/mol. The van der Waals surface area contributed by atoms with E-state index in [1.165, 1.54) is 7.11 Å². The Morgan fingerprint density at radius 2 is 1.76 bits per heavy atom. The van der Waals surface area contributed by atoms with Gasteiger partial charge in [-0.1, -0.05) is 36.4 Å². The highest BCUT2D eigenvalue weighted by Gasteiger charge is 2.40. The lowest BCUT2D eigenvalue weighted by molar-refractivity contribution is -0.144. The first-order valence-corrected chi connectivity index (χ1v) is 12.9. The fourth-order valence-corrected chi connectivity index (χ4v) is 4.63. The minimum atomic E-state index is -0.923. The van der Waals surface area contributed by atoms with Crippen molar-refractivity contribution in [3.63, 3.8) is 0 Å². The lowest BCUT2D eigenvalue weighted by Gasteiger charge is -2.25. The smallest absolute Gasteiger partial charge is 0.306 e. The Kier molecular flexibility index (Phi) is 8.81. The summed E-state index contributed by atoms with van der Waals surface area (Å²) < 4.78 is 22.2. The number of nitrogen functional groups attached to an aromatic ring is 1. The van der Waals surface area contributed by atoms with Crippen molar-refractivity contribution in [2.75, 3.05) is 32.3 Å². The molecule has 3 atom stereocenters. The highest BCUT2D eigenvalue weighted by atomic mass is 32.2. The van der Waals surface area contributed by atoms with Crippen LogP contribution in [0.2, 0.25) is 0 Å². The number of hydrogen-bond donors (Lipinski definition) is 2. The number of rotatable bonds is 11. The average Bonchev–Trinajstić information content (AvgIpc) is 3.12. The summed E-state index contributed by atoms with van der Waals surface area (Å²) >= 11 is 0. The second-order valence-corrected chi connectivity index (χ2v) is 9.91. The molecule has 2 aromatic carbocycles. The summed E-state index contributed by atoms with van der Waals surface area (Å²) in [4.78, 5) is 26.4. The lowest BCUT2D eigenvalue weighted by Crippen LogP contribution is -2.38. The van der Waals surface area contributed by atoms with E-state index in [2.05, 4.69) is 0 Å². The van der Waals surface area contributed by atoms with Gasteiger partial charge in [-0.2, -0.15) is 0 Å². The SMILES string of the molecule is COC(=O)C[C@@H]1C[C@@H](COc2ccc(-c3ccc(C(=N)N)cc3)cc2)N(CCCS(C)=O)C1=O. The molecule has 34 heavy (non-hydrogen) atoms. The van der Waals surface area contributed by atoms with E-state index in [1.54, 1.807) is 11.2 Å². The van der Waals surface area contributed by atoms with Crippen LogP contribution in [0, 0.1) is 11.3 Å². The number of hydrogen-bond acceptors (Lipinski definition) is 6. The summed E-state index contributed by atoms with van der Waals surface area (Å²) in [5.74, 6) is 0.336. The van der Waals surface area contributed by atoms with E-state index >= 15 is 0 Å². The van der Waals surface area contributed by atoms with E-state index in [-0.39, 0.29) is 24.2 Å². The van der Waals surface area contributed by atoms with E-state index in [9.17, 15) is 13.8 Å². The largest absolute Gasteiger partial charge is 0.491 e. The van der Waals surface area contributed by atoms with Gasteiger partial charge in [-0.25, -0.2) is 0 Å². The maximum Gasteiger partial charge on any atom is 0.306 e. The van der Waals surface area contributed by atoms with E-state index in [1.807, 2.05) is 48.5 Å². The zero-order valence-corrected chi connectivity index (χ0v) is 20.3. The Balaban J connectivity index is 1.63. The second kappa shape index (κ2) is 11.8. The molecule has 9 heteroatoms. The molecule has 8 nitrogen and oxygen atoms in total. The third-order valence-electron chi connectivity index (χ3n) is 5.93. The summed E-state index contributed by atoms with van der Waals surface area (Å²) in [6, 6.07) is 14.9. The molecule has 1 saturated heterocycles. The van der Waals surface area contributed by atoms with Crippen molar-refractivity contribution in [2.45, 2.75) is 25.3 Å². The number of likely N-dealkylation sites (tertiary alicyclic amines) is 1. The minimum absolute atomic E-state index is 0.0338. The number of carbonyl (C=O) groups is 2. The number of esters is 1. The highest BCUT2D eigenvalue weighted by molar-refractivity contribution is 7.84. The average molecular weight is 486 g/mol. The van der Waals surface area contributed by atoms with Gasteiger partial charge in [0.25, 0.3) is 0 Å². The third kappa shape index (κ3) is 6.66. The predicted octanol–water partition coefficient (Wildman–Crippen LogP) is 2.57. The molecule has 0 saturated carbocycles. The van der Waals surface area contributed by atoms with Gasteiger partial charge in [-0.15, -0.1) is 0 Å². The summed E-state index contributed by atoms with van der Waals surface area (Å²) in [6.45, 7) is 0.796. The molecule has 3 N–H and O–H groups in total. The van der Waals surface area contributed by atoms with Crippen LogP contribution in [0.15, 0.2) is 48.5 Å². The highest BCUT2D eigenvalue weighted by Crippen LogP contribution is 2.29. The van der Waals surface area contributed by atoms with Crippen LogP contribution >= 0.6 is 0 Å². The van der Waals surface area contributed by atoms with Gasteiger partial charge in [0, 0.05) is 34.9 Å². The molecule has 1 aliphatic rings. The first kappa shape index (κ1) is 25.4. The number of nitrogens with one attached hydrogen (secondary N) is 1. The monoisotopic (exact) mass is 485 g/mol. The van der Waals surface area contributed by atoms with Crippen molar-refractivity contribution < 1.29 is 23.3 Å². The van der Waals surface area contributed by atoms with E-state index in [0.717, 1.165) is 11.1 Å². The topological polar surface area (TPSA) is 123 Å². The number of amidine groups is 1. The number of nitrogens with zero attached hydrogens (tertiary/aromatic N) is 1. The molecule has 1 heterocycles. The van der Waals surface area contributed by atoms with Crippen LogP contribution in [0.1, 0.15) is 24.8 Å². The Morgan fingerprint density at radius 1 is 1.15 bits per heavy atom. The van der Waals surface area contributed by atoms with Gasteiger partial charge >= 0.3 is 5.97 Å². The molecule has 0 spiro atoms. The number of ether oxygens (including phenoxy) is 2. The molecule has 0 radical (unpaired) electrons. The molecule has 2 aromatic rings. The quantitative estimate of drug-likeness (QED) is 0.287. The fourth-order valence-electron chi connectivity index (χ4n) is 4.09. The third-order valence-corrected chi connectivity index (χ3v) is 6.79. The van der Waals surface area contributed by atoms with Crippen LogP contribution in [0.25, 0.3) is 11.1 Å². The van der Waals surface area contributed by atoms with Crippen molar-refractivity contribution in [3.05, 3.63) is 54.1 Å². The normalized spacial score (nSPS) is 18.5. The zero-order valence-electron chi connectivity index (χ0n) is 19.5. The van der Waals surface area contributed by atoms with Gasteiger partial charge in [-0.3, -0.25) is 19.2 Å². The van der Waals surface area contributed by atoms with Crippen LogP contribution in [-0.2, 0) is 25.1 Å². The molecule has 182 valence electrons. The summed E-state index contributed by atoms with van der Waals surface area (Å²) in [5.41, 5.74) is 8.20. The lowest BCUT2D eigenvalue weighted by atomic mass is 10.0. The standard InChI is InChI=1S/C25H31N3O5S/c1-32-23(29)15-20-14-21(28(25(20)30)12-3-13-34(2)31)16-33-22-10-8-18(9-11-22)17-4-6-19(7-5-17)24(26)27/h4-11,20-21H,3,12-16H2,1-2H3,(H3,26,27)/t20-,21-,34?/m0/s1. The minimum Gasteiger partial charge on any atom is -0.491 e. The zero-order chi connectivity index (χ0) is 24.7. The van der Waals surface area contributed by atoms with Crippen molar-refractivity contribution >= 4 is 28.5 Å². The summed E-state index contributed by atoms with van der Waals surface area (Å²) in [7, 11) is 0.395. The number of amides is 1. The Labute approximate surface area is 202 Å². The number of methoxy groups -OCH3 is 1. The molecule has 0 aliphatic carbocycles. The molecular weight excluding hydrogens is 454 g/mol. The van der Waals surface area contributed by atoms with Crippen LogP contribution in [0.4, 0.5) is 0 Å². The molecule has 1 fully saturated rings. The molecule has 1 aliphatic heterocycles. The Morgan fingerprint density at radius 3 is 2.32 bits per heavy atom. The summed E-state index contributed by atoms with van der Waals surface area (Å²) in [5, 5.41) is 7.49. The van der Waals surface area contributed by atoms with Gasteiger partial charge < -0.3 is 20.1 Å². The molecule has 1 amide bonds. The van der Waals surface area contributed by atoms with E-state index in [0.29, 0.717) is 43.1 Å². The van der Waals surface area contributed by atoms with Gasteiger partial charge in [-0.05, 0) is 36.1 Å². The Bertz CT molecular complexity index is 1040. The van der Waals surface area contributed by atoms with E-state index < -0.39 is 22.7 Å². The van der Waals surface area contributed by atoms with Crippen LogP contribution < -0.4 is 10.5 Å². The second-order valence-electron chi connectivity index (χ2n) is 8.36.